The zero-order valence-corrected chi connectivity index (χ0v) is 28.7. The first-order valence-corrected chi connectivity index (χ1v) is 17.6. The Balaban J connectivity index is 1.30. The molecule has 4 aromatic carbocycles. The first-order valence-electron chi connectivity index (χ1n) is 16.1. The van der Waals surface area contributed by atoms with Gasteiger partial charge in [0.2, 0.25) is 5.91 Å². The Kier molecular flexibility index (Phi) is 10.2. The summed E-state index contributed by atoms with van der Waals surface area (Å²) in [6.45, 7) is 2.77. The lowest BCUT2D eigenvalue weighted by Gasteiger charge is -2.30. The predicted octanol–water partition coefficient (Wildman–Crippen LogP) is 6.79. The number of hydrogen-bond donors (Lipinski definition) is 4. The van der Waals surface area contributed by atoms with Gasteiger partial charge in [-0.3, -0.25) is 18.7 Å². The summed E-state index contributed by atoms with van der Waals surface area (Å²) in [5.41, 5.74) is 1.49. The van der Waals surface area contributed by atoms with Crippen LogP contribution in [0.2, 0.25) is 0 Å². The summed E-state index contributed by atoms with van der Waals surface area (Å²) in [5.74, 6) is -0.532. The average Bonchev–Trinajstić information content (AvgIpc) is 3.71. The molecule has 0 spiro atoms. The maximum absolute atomic E-state index is 14.1. The number of benzene rings is 4. The van der Waals surface area contributed by atoms with Gasteiger partial charge >= 0.3 is 13.9 Å². The summed E-state index contributed by atoms with van der Waals surface area (Å²) in [5, 5.41) is 7.30. The number of amides is 2. The van der Waals surface area contributed by atoms with Crippen molar-refractivity contribution < 1.29 is 42.4 Å². The van der Waals surface area contributed by atoms with Gasteiger partial charge in [0.15, 0.2) is 6.61 Å². The van der Waals surface area contributed by atoms with Gasteiger partial charge in [-0.25, -0.2) is 9.36 Å². The fourth-order valence-electron chi connectivity index (χ4n) is 5.95. The van der Waals surface area contributed by atoms with Gasteiger partial charge in [-0.2, -0.15) is 0 Å². The fraction of sp³-hybridized carbons (Fsp3) is 0.184. The molecule has 262 valence electrons. The average molecular weight is 710 g/mol. The molecule has 1 unspecified atom stereocenters. The quantitative estimate of drug-likeness (QED) is 0.1000. The van der Waals surface area contributed by atoms with E-state index in [1.165, 1.54) is 10.6 Å². The molecule has 0 aliphatic carbocycles. The molecule has 13 heteroatoms. The molecule has 0 bridgehead atoms. The molecule has 6 aromatic rings. The van der Waals surface area contributed by atoms with Crippen LogP contribution in [0.3, 0.4) is 0 Å². The molecule has 0 aliphatic heterocycles. The van der Waals surface area contributed by atoms with Gasteiger partial charge in [-0.05, 0) is 54.8 Å². The number of nitrogens with one attached hydrogen (secondary N) is 2. The molecule has 12 nitrogen and oxygen atoms in total. The summed E-state index contributed by atoms with van der Waals surface area (Å²) in [6, 6.07) is 31.6. The topological polar surface area (TPSA) is 169 Å². The van der Waals surface area contributed by atoms with Crippen LogP contribution in [0.5, 0.6) is 0 Å². The van der Waals surface area contributed by atoms with Crippen LogP contribution in [-0.2, 0) is 38.3 Å². The second kappa shape index (κ2) is 14.8. The minimum Gasteiger partial charge on any atom is -0.457 e. The molecular weight excluding hydrogens is 673 g/mol. The Hall–Kier alpha value is -5.52. The molecule has 2 heterocycles. The summed E-state index contributed by atoms with van der Waals surface area (Å²) < 4.78 is 28.8. The molecule has 2 amide bonds. The molecule has 2 atom stereocenters. The number of phosphoric ester groups is 1. The number of alkyl carbamates (subject to hydrolysis) is 1. The standard InChI is InChI=1S/C38H36N3O9P/c1-25(26-12-4-3-5-13-26)39-36(43)38(2,40-37(44)48-24-30-20-27-14-7-11-19-34(27)50-30)21-29-22-41(33-18-10-9-16-31(29)33)35(42)32-17-8-6-15-28(32)23-49-51(45,46)47/h3-20,22,25H,21,23-24H2,1-2H3,(H,39,43)(H,40,44)(H2,45,46,47)/t25-,38?/m0/s1. The lowest BCUT2D eigenvalue weighted by atomic mass is 9.91. The van der Waals surface area contributed by atoms with Gasteiger partial charge in [0.1, 0.15) is 16.9 Å². The summed E-state index contributed by atoms with van der Waals surface area (Å²) in [4.78, 5) is 60.0. The smallest absolute Gasteiger partial charge is 0.457 e. The third kappa shape index (κ3) is 8.28. The lowest BCUT2D eigenvalue weighted by Crippen LogP contribution is -2.58. The van der Waals surface area contributed by atoms with E-state index in [2.05, 4.69) is 10.6 Å². The van der Waals surface area contributed by atoms with Gasteiger partial charge in [-0.1, -0.05) is 84.9 Å². The van der Waals surface area contributed by atoms with Crippen LogP contribution < -0.4 is 10.6 Å². The number of rotatable bonds is 12. The number of furan rings is 1. The van der Waals surface area contributed by atoms with Crippen molar-refractivity contribution in [2.45, 2.75) is 45.1 Å². The highest BCUT2D eigenvalue weighted by atomic mass is 31.2. The molecule has 0 saturated carbocycles. The maximum atomic E-state index is 14.1. The summed E-state index contributed by atoms with van der Waals surface area (Å²) in [7, 11) is -4.80. The number of hydrogen-bond acceptors (Lipinski definition) is 7. The highest BCUT2D eigenvalue weighted by Crippen LogP contribution is 2.37. The van der Waals surface area contributed by atoms with Crippen LogP contribution in [0, 0.1) is 0 Å². The highest BCUT2D eigenvalue weighted by Gasteiger charge is 2.38. The second-order valence-corrected chi connectivity index (χ2v) is 13.6. The van der Waals surface area contributed by atoms with Crippen molar-refractivity contribution in [1.29, 1.82) is 0 Å². The number of carbonyl (C=O) groups excluding carboxylic acids is 3. The maximum Gasteiger partial charge on any atom is 0.469 e. The first-order chi connectivity index (χ1) is 24.4. The molecule has 2 aromatic heterocycles. The Bertz CT molecular complexity index is 2230. The molecular formula is C38H36N3O9P. The van der Waals surface area contributed by atoms with Crippen molar-refractivity contribution in [1.82, 2.24) is 15.2 Å². The normalized spacial score (nSPS) is 13.4. The fourth-order valence-corrected chi connectivity index (χ4v) is 6.25. The Morgan fingerprint density at radius 3 is 2.33 bits per heavy atom. The number of carbonyl (C=O) groups is 3. The van der Waals surface area contributed by atoms with Crippen LogP contribution in [0.15, 0.2) is 120 Å². The van der Waals surface area contributed by atoms with E-state index in [0.29, 0.717) is 27.8 Å². The van der Waals surface area contributed by atoms with Crippen LogP contribution in [-0.4, -0.2) is 37.8 Å². The number of aromatic nitrogens is 1. The molecule has 51 heavy (non-hydrogen) atoms. The molecule has 0 aliphatic rings. The zero-order valence-electron chi connectivity index (χ0n) is 27.8. The van der Waals surface area contributed by atoms with E-state index in [1.807, 2.05) is 67.6 Å². The minimum atomic E-state index is -4.80. The van der Waals surface area contributed by atoms with E-state index in [9.17, 15) is 28.7 Å². The first kappa shape index (κ1) is 35.3. The lowest BCUT2D eigenvalue weighted by molar-refractivity contribution is -0.127. The van der Waals surface area contributed by atoms with Crippen LogP contribution >= 0.6 is 7.82 Å². The van der Waals surface area contributed by atoms with Gasteiger partial charge in [0, 0.05) is 29.0 Å². The highest BCUT2D eigenvalue weighted by molar-refractivity contribution is 7.46. The van der Waals surface area contributed by atoms with Crippen LogP contribution in [0.1, 0.15) is 52.7 Å². The summed E-state index contributed by atoms with van der Waals surface area (Å²) in [6.07, 6.45) is 0.713. The van der Waals surface area contributed by atoms with Crippen molar-refractivity contribution >= 4 is 47.6 Å². The van der Waals surface area contributed by atoms with E-state index >= 15 is 0 Å². The largest absolute Gasteiger partial charge is 0.469 e. The van der Waals surface area contributed by atoms with E-state index < -0.39 is 43.9 Å². The van der Waals surface area contributed by atoms with Crippen LogP contribution in [0.4, 0.5) is 4.79 Å². The van der Waals surface area contributed by atoms with Crippen molar-refractivity contribution in [2.24, 2.45) is 0 Å². The monoisotopic (exact) mass is 709 g/mol. The van der Waals surface area contributed by atoms with Gasteiger partial charge in [-0.15, -0.1) is 0 Å². The minimum absolute atomic E-state index is 0.0379. The molecule has 0 radical (unpaired) electrons. The number of nitrogens with zero attached hydrogens (tertiary/aromatic N) is 1. The van der Waals surface area contributed by atoms with E-state index in [1.54, 1.807) is 55.6 Å². The second-order valence-electron chi connectivity index (χ2n) is 12.3. The zero-order chi connectivity index (χ0) is 36.2. The third-order valence-corrected chi connectivity index (χ3v) is 9.01. The Morgan fingerprint density at radius 1 is 0.882 bits per heavy atom. The SMILES string of the molecule is C[C@H](NC(=O)C(C)(Cc1cn(C(=O)c2ccccc2COP(=O)(O)O)c2ccccc12)NC(=O)OCc1cc2ccccc2o1)c1ccccc1. The third-order valence-electron chi connectivity index (χ3n) is 8.54. The number of para-hydroxylation sites is 2. The summed E-state index contributed by atoms with van der Waals surface area (Å²) >= 11 is 0. The van der Waals surface area contributed by atoms with Crippen molar-refractivity contribution in [2.75, 3.05) is 0 Å². The van der Waals surface area contributed by atoms with Crippen molar-refractivity contribution in [3.05, 3.63) is 143 Å². The van der Waals surface area contributed by atoms with Crippen molar-refractivity contribution in [3.8, 4) is 0 Å². The number of fused-ring (bicyclic) bond motifs is 2. The predicted molar refractivity (Wildman–Crippen MR) is 190 cm³/mol. The molecule has 0 saturated heterocycles. The molecule has 4 N–H and O–H groups in total. The van der Waals surface area contributed by atoms with Gasteiger partial charge in [0.25, 0.3) is 5.91 Å². The number of phosphoric acid groups is 1. The van der Waals surface area contributed by atoms with E-state index in [0.717, 1.165) is 10.9 Å². The Morgan fingerprint density at radius 2 is 1.57 bits per heavy atom. The van der Waals surface area contributed by atoms with E-state index in [-0.39, 0.29) is 24.2 Å². The van der Waals surface area contributed by atoms with Gasteiger partial charge in [0.05, 0.1) is 18.2 Å². The molecule has 0 fully saturated rings. The van der Waals surface area contributed by atoms with Crippen molar-refractivity contribution in [3.63, 3.8) is 0 Å². The molecule has 6 rings (SSSR count). The van der Waals surface area contributed by atoms with Gasteiger partial charge < -0.3 is 29.6 Å². The van der Waals surface area contributed by atoms with E-state index in [4.69, 9.17) is 13.7 Å². The number of ether oxygens (including phenoxy) is 1. The Labute approximate surface area is 293 Å². The van der Waals surface area contributed by atoms with Crippen LogP contribution in [0.25, 0.3) is 21.9 Å².